The van der Waals surface area contributed by atoms with Crippen molar-refractivity contribution in [1.29, 1.82) is 0 Å². The van der Waals surface area contributed by atoms with Gasteiger partial charge in [-0.2, -0.15) is 0 Å². The number of rotatable bonds is 5. The lowest BCUT2D eigenvalue weighted by Gasteiger charge is -2.28. The number of fused-ring (bicyclic) bond motifs is 1. The third-order valence-corrected chi connectivity index (χ3v) is 5.93. The molecule has 4 rings (SSSR count). The Morgan fingerprint density at radius 2 is 1.96 bits per heavy atom. The van der Waals surface area contributed by atoms with Gasteiger partial charge in [0.15, 0.2) is 0 Å². The largest absolute Gasteiger partial charge is 0.346 e. The molecule has 0 saturated carbocycles. The molecule has 0 spiro atoms. The van der Waals surface area contributed by atoms with Crippen LogP contribution in [0.2, 0.25) is 10.0 Å². The van der Waals surface area contributed by atoms with Gasteiger partial charge in [0.2, 0.25) is 0 Å². The Labute approximate surface area is 176 Å². The van der Waals surface area contributed by atoms with Crippen LogP contribution in [-0.4, -0.2) is 26.0 Å². The molecule has 0 amide bonds. The van der Waals surface area contributed by atoms with Gasteiger partial charge >= 0.3 is 0 Å². The van der Waals surface area contributed by atoms with Gasteiger partial charge < -0.3 is 4.57 Å². The van der Waals surface area contributed by atoms with Crippen molar-refractivity contribution in [2.45, 2.75) is 45.8 Å². The van der Waals surface area contributed by atoms with Crippen LogP contribution >= 0.6 is 23.2 Å². The first-order chi connectivity index (χ1) is 13.5. The van der Waals surface area contributed by atoms with E-state index in [0.29, 0.717) is 16.0 Å². The molecule has 0 radical (unpaired) electrons. The predicted octanol–water partition coefficient (Wildman–Crippen LogP) is 5.31. The standard InChI is InChI=1S/C22H24Cl2N4/c1-15(2)22-25-11-17-13-27(9-7-21(17)26-22)14-18-4-3-8-28(18)12-16-5-6-19(23)20(24)10-16/h3-6,8,10-11,15H,7,9,12-14H2,1-2H3. The van der Waals surface area contributed by atoms with Crippen LogP contribution in [0.5, 0.6) is 0 Å². The zero-order chi connectivity index (χ0) is 19.7. The fourth-order valence-electron chi connectivity index (χ4n) is 3.61. The van der Waals surface area contributed by atoms with Gasteiger partial charge in [-0.1, -0.05) is 43.1 Å². The normalized spacial score (nSPS) is 14.5. The summed E-state index contributed by atoms with van der Waals surface area (Å²) in [6.45, 7) is 7.87. The van der Waals surface area contributed by atoms with Crippen molar-refractivity contribution in [3.63, 3.8) is 0 Å². The van der Waals surface area contributed by atoms with Gasteiger partial charge in [0.25, 0.3) is 0 Å². The van der Waals surface area contributed by atoms with E-state index in [0.717, 1.165) is 44.0 Å². The maximum absolute atomic E-state index is 6.17. The van der Waals surface area contributed by atoms with Crippen LogP contribution in [0, 0.1) is 0 Å². The second-order valence-corrected chi connectivity index (χ2v) is 8.51. The number of benzene rings is 1. The summed E-state index contributed by atoms with van der Waals surface area (Å²) >= 11 is 12.2. The summed E-state index contributed by atoms with van der Waals surface area (Å²) in [4.78, 5) is 11.8. The van der Waals surface area contributed by atoms with E-state index in [4.69, 9.17) is 28.2 Å². The maximum atomic E-state index is 6.17. The SMILES string of the molecule is CC(C)c1ncc2c(n1)CCN(Cc1cccn1Cc1ccc(Cl)c(Cl)c1)C2. The summed E-state index contributed by atoms with van der Waals surface area (Å²) < 4.78 is 2.27. The monoisotopic (exact) mass is 414 g/mol. The average molecular weight is 415 g/mol. The fourth-order valence-corrected chi connectivity index (χ4v) is 3.93. The van der Waals surface area contributed by atoms with Crippen LogP contribution in [0.15, 0.2) is 42.7 Å². The first kappa shape index (κ1) is 19.4. The minimum absolute atomic E-state index is 0.368. The Balaban J connectivity index is 1.46. The zero-order valence-electron chi connectivity index (χ0n) is 16.2. The van der Waals surface area contributed by atoms with Crippen molar-refractivity contribution in [3.8, 4) is 0 Å². The van der Waals surface area contributed by atoms with E-state index in [-0.39, 0.29) is 0 Å². The number of hydrogen-bond acceptors (Lipinski definition) is 3. The zero-order valence-corrected chi connectivity index (χ0v) is 17.7. The molecule has 1 aliphatic rings. The minimum atomic E-state index is 0.368. The number of nitrogens with zero attached hydrogens (tertiary/aromatic N) is 4. The van der Waals surface area contributed by atoms with Crippen molar-refractivity contribution in [1.82, 2.24) is 19.4 Å². The van der Waals surface area contributed by atoms with Crippen molar-refractivity contribution in [3.05, 3.63) is 81.1 Å². The third kappa shape index (κ3) is 4.24. The predicted molar refractivity (Wildman–Crippen MR) is 114 cm³/mol. The number of halogens is 2. The fraction of sp³-hybridized carbons (Fsp3) is 0.364. The van der Waals surface area contributed by atoms with Crippen LogP contribution in [0.3, 0.4) is 0 Å². The molecule has 0 fully saturated rings. The third-order valence-electron chi connectivity index (χ3n) is 5.19. The van der Waals surface area contributed by atoms with E-state index in [1.165, 1.54) is 17.0 Å². The number of hydrogen-bond donors (Lipinski definition) is 0. The lowest BCUT2D eigenvalue weighted by atomic mass is 10.1. The smallest absolute Gasteiger partial charge is 0.131 e. The summed E-state index contributed by atoms with van der Waals surface area (Å²) in [6, 6.07) is 10.1. The summed E-state index contributed by atoms with van der Waals surface area (Å²) in [5.41, 5.74) is 4.89. The Morgan fingerprint density at radius 3 is 2.75 bits per heavy atom. The molecule has 0 bridgehead atoms. The summed E-state index contributed by atoms with van der Waals surface area (Å²) in [6.07, 6.45) is 5.11. The van der Waals surface area contributed by atoms with Gasteiger partial charge in [-0.15, -0.1) is 0 Å². The minimum Gasteiger partial charge on any atom is -0.346 e. The molecule has 1 aliphatic heterocycles. The highest BCUT2D eigenvalue weighted by molar-refractivity contribution is 6.42. The van der Waals surface area contributed by atoms with Gasteiger partial charge in [0, 0.05) is 67.9 Å². The lowest BCUT2D eigenvalue weighted by molar-refractivity contribution is 0.237. The van der Waals surface area contributed by atoms with Crippen molar-refractivity contribution in [2.24, 2.45) is 0 Å². The van der Waals surface area contributed by atoms with Gasteiger partial charge in [-0.25, -0.2) is 9.97 Å². The highest BCUT2D eigenvalue weighted by Crippen LogP contribution is 2.24. The van der Waals surface area contributed by atoms with Crippen LogP contribution < -0.4 is 0 Å². The van der Waals surface area contributed by atoms with E-state index in [9.17, 15) is 0 Å². The molecule has 4 nitrogen and oxygen atoms in total. The molecule has 0 saturated heterocycles. The second kappa shape index (κ2) is 8.24. The highest BCUT2D eigenvalue weighted by atomic mass is 35.5. The molecule has 3 heterocycles. The summed E-state index contributed by atoms with van der Waals surface area (Å²) in [5, 5.41) is 1.19. The average Bonchev–Trinajstić information content (AvgIpc) is 3.10. The Hall–Kier alpha value is -1.88. The van der Waals surface area contributed by atoms with E-state index in [1.54, 1.807) is 0 Å². The number of aromatic nitrogens is 3. The van der Waals surface area contributed by atoms with Crippen LogP contribution in [0.1, 0.15) is 48.1 Å². The molecule has 0 N–H and O–H groups in total. The summed E-state index contributed by atoms with van der Waals surface area (Å²) in [5.74, 6) is 1.32. The highest BCUT2D eigenvalue weighted by Gasteiger charge is 2.20. The second-order valence-electron chi connectivity index (χ2n) is 7.69. The van der Waals surface area contributed by atoms with Crippen LogP contribution in [-0.2, 0) is 26.1 Å². The van der Waals surface area contributed by atoms with Gasteiger partial charge in [-0.3, -0.25) is 4.90 Å². The van der Waals surface area contributed by atoms with Crippen LogP contribution in [0.25, 0.3) is 0 Å². The van der Waals surface area contributed by atoms with Crippen molar-refractivity contribution >= 4 is 23.2 Å². The molecule has 28 heavy (non-hydrogen) atoms. The van der Waals surface area contributed by atoms with E-state index in [2.05, 4.69) is 46.6 Å². The Kier molecular flexibility index (Phi) is 5.72. The maximum Gasteiger partial charge on any atom is 0.131 e. The molecular weight excluding hydrogens is 391 g/mol. The van der Waals surface area contributed by atoms with Gasteiger partial charge in [-0.05, 0) is 29.8 Å². The molecule has 1 aromatic carbocycles. The van der Waals surface area contributed by atoms with Crippen LogP contribution in [0.4, 0.5) is 0 Å². The first-order valence-electron chi connectivity index (χ1n) is 9.64. The van der Waals surface area contributed by atoms with E-state index in [1.807, 2.05) is 24.4 Å². The van der Waals surface area contributed by atoms with E-state index >= 15 is 0 Å². The first-order valence-corrected chi connectivity index (χ1v) is 10.4. The Morgan fingerprint density at radius 1 is 1.11 bits per heavy atom. The molecule has 0 atom stereocenters. The quantitative estimate of drug-likeness (QED) is 0.566. The molecule has 2 aromatic heterocycles. The molecular formula is C22H24Cl2N4. The lowest BCUT2D eigenvalue weighted by Crippen LogP contribution is -2.32. The van der Waals surface area contributed by atoms with E-state index < -0.39 is 0 Å². The van der Waals surface area contributed by atoms with Gasteiger partial charge in [0.05, 0.1) is 10.0 Å². The molecule has 146 valence electrons. The molecule has 0 unspecified atom stereocenters. The van der Waals surface area contributed by atoms with Gasteiger partial charge in [0.1, 0.15) is 5.82 Å². The Bertz CT molecular complexity index is 980. The topological polar surface area (TPSA) is 34.0 Å². The summed E-state index contributed by atoms with van der Waals surface area (Å²) in [7, 11) is 0. The molecule has 6 heteroatoms. The van der Waals surface area contributed by atoms with Crippen molar-refractivity contribution in [2.75, 3.05) is 6.54 Å². The van der Waals surface area contributed by atoms with Crippen molar-refractivity contribution < 1.29 is 0 Å². The molecule has 3 aromatic rings. The molecule has 0 aliphatic carbocycles.